The molecule has 0 radical (unpaired) electrons. The summed E-state index contributed by atoms with van der Waals surface area (Å²) in [6, 6.07) is 7.09. The average Bonchev–Trinajstić information content (AvgIpc) is 3.37. The van der Waals surface area contributed by atoms with Gasteiger partial charge in [0.25, 0.3) is 5.91 Å². The molecule has 2 bridgehead atoms. The van der Waals surface area contributed by atoms with E-state index in [-0.39, 0.29) is 23.2 Å². The number of hydrogen-bond donors (Lipinski definition) is 1. The van der Waals surface area contributed by atoms with E-state index in [0.717, 1.165) is 56.1 Å². The minimum absolute atomic E-state index is 0.00698. The highest BCUT2D eigenvalue weighted by atomic mass is 32.2. The number of carbonyl (C=O) groups is 1. The monoisotopic (exact) mass is 431 g/mol. The van der Waals surface area contributed by atoms with Gasteiger partial charge in [-0.3, -0.25) is 14.3 Å². The number of piperidine rings is 1. The van der Waals surface area contributed by atoms with E-state index in [1.165, 1.54) is 12.1 Å². The molecule has 30 heavy (non-hydrogen) atoms. The lowest BCUT2D eigenvalue weighted by atomic mass is 9.96. The van der Waals surface area contributed by atoms with Gasteiger partial charge >= 0.3 is 5.69 Å². The molecule has 5 rings (SSSR count). The van der Waals surface area contributed by atoms with Gasteiger partial charge in [-0.15, -0.1) is 5.10 Å². The van der Waals surface area contributed by atoms with E-state index >= 15 is 0 Å². The number of amides is 1. The molecule has 9 heteroatoms. The van der Waals surface area contributed by atoms with E-state index in [9.17, 15) is 14.0 Å². The molecule has 0 spiro atoms. The second-order valence-corrected chi connectivity index (χ2v) is 9.45. The number of thioether (sulfide) groups is 1. The summed E-state index contributed by atoms with van der Waals surface area (Å²) in [6.07, 6.45) is 4.94. The molecule has 1 aromatic carbocycles. The number of benzene rings is 1. The number of hydrogen-bond acceptors (Lipinski definition) is 5. The fraction of sp³-hybridized carbons (Fsp3) is 0.571. The Hall–Kier alpha value is -2.13. The van der Waals surface area contributed by atoms with Crippen molar-refractivity contribution in [2.45, 2.75) is 68.5 Å². The van der Waals surface area contributed by atoms with Gasteiger partial charge in [-0.1, -0.05) is 23.9 Å². The Labute approximate surface area is 178 Å². The van der Waals surface area contributed by atoms with Gasteiger partial charge in [0.05, 0.1) is 5.56 Å². The second kappa shape index (κ2) is 8.19. The van der Waals surface area contributed by atoms with Crippen LogP contribution in [-0.4, -0.2) is 55.6 Å². The van der Waals surface area contributed by atoms with Crippen molar-refractivity contribution < 1.29 is 9.18 Å². The minimum Gasteiger partial charge on any atom is -0.349 e. The van der Waals surface area contributed by atoms with E-state index < -0.39 is 5.82 Å². The summed E-state index contributed by atoms with van der Waals surface area (Å²) >= 11 is 1.64. The molecule has 4 heterocycles. The van der Waals surface area contributed by atoms with E-state index in [2.05, 4.69) is 15.3 Å². The minimum atomic E-state index is -0.477. The van der Waals surface area contributed by atoms with Crippen LogP contribution in [0.2, 0.25) is 0 Å². The molecule has 0 aliphatic carbocycles. The van der Waals surface area contributed by atoms with Gasteiger partial charge in [0, 0.05) is 43.5 Å². The molecule has 2 unspecified atom stereocenters. The molecule has 2 saturated heterocycles. The third-order valence-corrected chi connectivity index (χ3v) is 7.51. The molecule has 1 amide bonds. The van der Waals surface area contributed by atoms with Crippen LogP contribution in [0.3, 0.4) is 0 Å². The van der Waals surface area contributed by atoms with Crippen LogP contribution >= 0.6 is 11.8 Å². The average molecular weight is 432 g/mol. The maximum Gasteiger partial charge on any atom is 0.346 e. The number of nitrogens with zero attached hydrogens (tertiary/aromatic N) is 4. The first-order chi connectivity index (χ1) is 14.6. The first-order valence-electron chi connectivity index (χ1n) is 10.7. The quantitative estimate of drug-likeness (QED) is 0.759. The molecule has 2 fully saturated rings. The van der Waals surface area contributed by atoms with Crippen molar-refractivity contribution in [2.24, 2.45) is 0 Å². The van der Waals surface area contributed by atoms with Crippen LogP contribution in [0.5, 0.6) is 0 Å². The third-order valence-electron chi connectivity index (χ3n) is 6.56. The van der Waals surface area contributed by atoms with Gasteiger partial charge < -0.3 is 5.32 Å². The Morgan fingerprint density at radius 2 is 1.97 bits per heavy atom. The molecule has 2 atom stereocenters. The molecule has 1 aromatic heterocycles. The third kappa shape index (κ3) is 3.69. The lowest BCUT2D eigenvalue weighted by Crippen LogP contribution is -2.50. The van der Waals surface area contributed by atoms with E-state index in [1.54, 1.807) is 33.1 Å². The Morgan fingerprint density at radius 3 is 2.70 bits per heavy atom. The molecule has 160 valence electrons. The van der Waals surface area contributed by atoms with Crippen molar-refractivity contribution in [3.05, 3.63) is 46.1 Å². The lowest BCUT2D eigenvalue weighted by molar-refractivity contribution is 0.0836. The van der Waals surface area contributed by atoms with Gasteiger partial charge in [-0.25, -0.2) is 13.9 Å². The van der Waals surface area contributed by atoms with Gasteiger partial charge in [-0.05, 0) is 44.2 Å². The van der Waals surface area contributed by atoms with Gasteiger partial charge in [0.15, 0.2) is 5.16 Å². The molecule has 2 aromatic rings. The summed E-state index contributed by atoms with van der Waals surface area (Å²) in [5, 5.41) is 8.32. The van der Waals surface area contributed by atoms with Crippen molar-refractivity contribution in [3.8, 4) is 0 Å². The fourth-order valence-corrected chi connectivity index (χ4v) is 6.10. The predicted octanol–water partition coefficient (Wildman–Crippen LogP) is 2.11. The van der Waals surface area contributed by atoms with Gasteiger partial charge in [0.2, 0.25) is 0 Å². The highest BCUT2D eigenvalue weighted by Crippen LogP contribution is 2.36. The SMILES string of the molecule is O=C(NC1CC2CCC(C1)N2CCCn1nc2n(c1=O)CCS2)c1ccccc1F. The number of aryl methyl sites for hydroxylation is 1. The van der Waals surface area contributed by atoms with Crippen molar-refractivity contribution in [2.75, 3.05) is 12.3 Å². The molecule has 7 nitrogen and oxygen atoms in total. The van der Waals surface area contributed by atoms with Crippen molar-refractivity contribution in [1.82, 2.24) is 24.6 Å². The maximum atomic E-state index is 13.9. The second-order valence-electron chi connectivity index (χ2n) is 8.39. The molecule has 3 aliphatic rings. The van der Waals surface area contributed by atoms with Crippen molar-refractivity contribution in [3.63, 3.8) is 0 Å². The highest BCUT2D eigenvalue weighted by Gasteiger charge is 2.40. The summed E-state index contributed by atoms with van der Waals surface area (Å²) in [4.78, 5) is 27.3. The molecular formula is C21H26FN5O2S. The predicted molar refractivity (Wildman–Crippen MR) is 112 cm³/mol. The first kappa shape index (κ1) is 19.8. The van der Waals surface area contributed by atoms with E-state index in [0.29, 0.717) is 18.6 Å². The van der Waals surface area contributed by atoms with Crippen molar-refractivity contribution >= 4 is 17.7 Å². The molecule has 0 saturated carbocycles. The van der Waals surface area contributed by atoms with Crippen LogP contribution < -0.4 is 11.0 Å². The molecular weight excluding hydrogens is 405 g/mol. The fourth-order valence-electron chi connectivity index (χ4n) is 5.16. The first-order valence-corrected chi connectivity index (χ1v) is 11.7. The standard InChI is InChI=1S/C21H26FN5O2S/c22-18-5-2-1-4-17(18)19(28)23-14-12-15-6-7-16(13-14)25(15)8-3-9-27-21(29)26-10-11-30-20(26)24-27/h1-2,4-5,14-16H,3,6-13H2,(H,23,28). The number of halogens is 1. The van der Waals surface area contributed by atoms with Crippen LogP contribution in [0.1, 0.15) is 42.5 Å². The number of fused-ring (bicyclic) bond motifs is 3. The number of carbonyl (C=O) groups excluding carboxylic acids is 1. The Balaban J connectivity index is 1.15. The normalized spacial score (nSPS) is 25.4. The van der Waals surface area contributed by atoms with Crippen LogP contribution in [-0.2, 0) is 13.1 Å². The van der Waals surface area contributed by atoms with Crippen LogP contribution in [0, 0.1) is 5.82 Å². The number of rotatable bonds is 6. The van der Waals surface area contributed by atoms with E-state index in [4.69, 9.17) is 0 Å². The van der Waals surface area contributed by atoms with Crippen molar-refractivity contribution in [1.29, 1.82) is 0 Å². The summed E-state index contributed by atoms with van der Waals surface area (Å²) in [5.41, 5.74) is 0.121. The Morgan fingerprint density at radius 1 is 1.20 bits per heavy atom. The summed E-state index contributed by atoms with van der Waals surface area (Å²) in [7, 11) is 0. The van der Waals surface area contributed by atoms with Crippen LogP contribution in [0.4, 0.5) is 4.39 Å². The zero-order chi connectivity index (χ0) is 20.7. The zero-order valence-corrected chi connectivity index (χ0v) is 17.6. The molecule has 1 N–H and O–H groups in total. The topological polar surface area (TPSA) is 72.2 Å². The van der Waals surface area contributed by atoms with E-state index in [1.807, 2.05) is 0 Å². The van der Waals surface area contributed by atoms with Gasteiger partial charge in [-0.2, -0.15) is 0 Å². The Kier molecular flexibility index (Phi) is 5.41. The highest BCUT2D eigenvalue weighted by molar-refractivity contribution is 7.99. The summed E-state index contributed by atoms with van der Waals surface area (Å²) in [5.74, 6) is 0.134. The largest absolute Gasteiger partial charge is 0.349 e. The van der Waals surface area contributed by atoms with Crippen LogP contribution in [0.15, 0.2) is 34.2 Å². The number of nitrogens with one attached hydrogen (secondary N) is 1. The number of aromatic nitrogens is 3. The smallest absolute Gasteiger partial charge is 0.346 e. The maximum absolute atomic E-state index is 13.9. The van der Waals surface area contributed by atoms with Crippen LogP contribution in [0.25, 0.3) is 0 Å². The molecule has 3 aliphatic heterocycles. The Bertz CT molecular complexity index is 992. The van der Waals surface area contributed by atoms with Gasteiger partial charge in [0.1, 0.15) is 5.82 Å². The zero-order valence-electron chi connectivity index (χ0n) is 16.8. The summed E-state index contributed by atoms with van der Waals surface area (Å²) < 4.78 is 17.2. The lowest BCUT2D eigenvalue weighted by Gasteiger charge is -2.39. The summed E-state index contributed by atoms with van der Waals surface area (Å²) in [6.45, 7) is 2.34.